The molecule has 0 aromatic heterocycles. The minimum Gasteiger partial charge on any atom is -0.387 e. The molecule has 2 atom stereocenters. The summed E-state index contributed by atoms with van der Waals surface area (Å²) in [7, 11) is 0. The first-order chi connectivity index (χ1) is 8.06. The number of nitrogens with two attached hydrogens (primary N) is 1. The van der Waals surface area contributed by atoms with E-state index in [2.05, 4.69) is 5.32 Å². The number of amides is 1. The van der Waals surface area contributed by atoms with Crippen LogP contribution in [0.1, 0.15) is 31.9 Å². The molecule has 0 unspecified atom stereocenters. The van der Waals surface area contributed by atoms with E-state index in [1.165, 1.54) is 0 Å². The standard InChI is InChI=1S/C13H19N3O/c1-3-11(10-7-5-4-6-8-10)16-13(17)9(2)12(14)15/h4-9,11H,3H2,1-2H3,(H3,14,15)(H,16,17)/t9-,11-/m1/s1. The van der Waals surface area contributed by atoms with E-state index in [0.717, 1.165) is 12.0 Å². The van der Waals surface area contributed by atoms with E-state index in [1.807, 2.05) is 37.3 Å². The molecule has 0 saturated heterocycles. The summed E-state index contributed by atoms with van der Waals surface area (Å²) in [5.41, 5.74) is 6.38. The maximum absolute atomic E-state index is 11.8. The Hall–Kier alpha value is -1.84. The van der Waals surface area contributed by atoms with Crippen molar-refractivity contribution in [3.63, 3.8) is 0 Å². The van der Waals surface area contributed by atoms with Crippen molar-refractivity contribution < 1.29 is 4.79 Å². The third kappa shape index (κ3) is 3.59. The average Bonchev–Trinajstić information content (AvgIpc) is 2.35. The number of hydrogen-bond donors (Lipinski definition) is 3. The van der Waals surface area contributed by atoms with Gasteiger partial charge in [0, 0.05) is 0 Å². The Morgan fingerprint density at radius 2 is 2.00 bits per heavy atom. The zero-order valence-corrected chi connectivity index (χ0v) is 10.2. The lowest BCUT2D eigenvalue weighted by Gasteiger charge is -2.19. The average molecular weight is 233 g/mol. The lowest BCUT2D eigenvalue weighted by molar-refractivity contribution is -0.123. The molecule has 1 rings (SSSR count). The zero-order chi connectivity index (χ0) is 12.8. The highest BCUT2D eigenvalue weighted by Crippen LogP contribution is 2.16. The highest BCUT2D eigenvalue weighted by atomic mass is 16.1. The molecule has 0 aliphatic carbocycles. The summed E-state index contributed by atoms with van der Waals surface area (Å²) in [6.45, 7) is 3.64. The van der Waals surface area contributed by atoms with Crippen LogP contribution in [0.3, 0.4) is 0 Å². The van der Waals surface area contributed by atoms with Gasteiger partial charge in [-0.3, -0.25) is 10.2 Å². The summed E-state index contributed by atoms with van der Waals surface area (Å²) in [6, 6.07) is 9.76. The molecule has 0 spiro atoms. The summed E-state index contributed by atoms with van der Waals surface area (Å²) in [5, 5.41) is 10.2. The van der Waals surface area contributed by atoms with E-state index in [1.54, 1.807) is 6.92 Å². The maximum Gasteiger partial charge on any atom is 0.230 e. The predicted octanol–water partition coefficient (Wildman–Crippen LogP) is 1.83. The highest BCUT2D eigenvalue weighted by Gasteiger charge is 2.19. The van der Waals surface area contributed by atoms with Crippen LogP contribution in [0.2, 0.25) is 0 Å². The van der Waals surface area contributed by atoms with Crippen molar-refractivity contribution in [3.8, 4) is 0 Å². The van der Waals surface area contributed by atoms with Crippen molar-refractivity contribution in [2.45, 2.75) is 26.3 Å². The minimum atomic E-state index is -0.576. The topological polar surface area (TPSA) is 79.0 Å². The van der Waals surface area contributed by atoms with Crippen LogP contribution in [-0.2, 0) is 4.79 Å². The first kappa shape index (κ1) is 13.2. The molecule has 0 fully saturated rings. The fourth-order valence-electron chi connectivity index (χ4n) is 1.54. The Bertz CT molecular complexity index is 389. The Balaban J connectivity index is 2.71. The molecule has 0 radical (unpaired) electrons. The highest BCUT2D eigenvalue weighted by molar-refractivity contribution is 6.00. The number of carbonyl (C=O) groups is 1. The molecule has 4 nitrogen and oxygen atoms in total. The molecule has 1 amide bonds. The summed E-state index contributed by atoms with van der Waals surface area (Å²) < 4.78 is 0. The molecular formula is C13H19N3O. The van der Waals surface area contributed by atoms with Gasteiger partial charge in [-0.1, -0.05) is 37.3 Å². The molecule has 0 bridgehead atoms. The van der Waals surface area contributed by atoms with E-state index in [-0.39, 0.29) is 17.8 Å². The van der Waals surface area contributed by atoms with Crippen LogP contribution in [0.15, 0.2) is 30.3 Å². The van der Waals surface area contributed by atoms with Gasteiger partial charge in [-0.25, -0.2) is 0 Å². The lowest BCUT2D eigenvalue weighted by Crippen LogP contribution is -2.38. The van der Waals surface area contributed by atoms with Gasteiger partial charge in [0.25, 0.3) is 0 Å². The molecule has 1 aromatic rings. The van der Waals surface area contributed by atoms with E-state index >= 15 is 0 Å². The van der Waals surface area contributed by atoms with Gasteiger partial charge in [0.15, 0.2) is 0 Å². The van der Waals surface area contributed by atoms with Crippen LogP contribution < -0.4 is 11.1 Å². The van der Waals surface area contributed by atoms with Crippen LogP contribution in [0.5, 0.6) is 0 Å². The molecule has 0 saturated carbocycles. The van der Waals surface area contributed by atoms with Crippen LogP contribution >= 0.6 is 0 Å². The second-order valence-corrected chi connectivity index (χ2v) is 4.06. The Morgan fingerprint density at radius 3 is 2.47 bits per heavy atom. The second-order valence-electron chi connectivity index (χ2n) is 4.06. The quantitative estimate of drug-likeness (QED) is 0.536. The molecule has 17 heavy (non-hydrogen) atoms. The first-order valence-electron chi connectivity index (χ1n) is 5.75. The summed E-state index contributed by atoms with van der Waals surface area (Å²) >= 11 is 0. The van der Waals surface area contributed by atoms with Gasteiger partial charge < -0.3 is 11.1 Å². The van der Waals surface area contributed by atoms with Crippen LogP contribution in [-0.4, -0.2) is 11.7 Å². The third-order valence-corrected chi connectivity index (χ3v) is 2.79. The summed E-state index contributed by atoms with van der Waals surface area (Å²) in [6.07, 6.45) is 0.806. The van der Waals surface area contributed by atoms with Gasteiger partial charge in [0.2, 0.25) is 5.91 Å². The molecular weight excluding hydrogens is 214 g/mol. The summed E-state index contributed by atoms with van der Waals surface area (Å²) in [4.78, 5) is 11.8. The monoisotopic (exact) mass is 233 g/mol. The summed E-state index contributed by atoms with van der Waals surface area (Å²) in [5.74, 6) is -0.883. The van der Waals surface area contributed by atoms with E-state index in [4.69, 9.17) is 11.1 Å². The van der Waals surface area contributed by atoms with Crippen LogP contribution in [0.25, 0.3) is 0 Å². The molecule has 92 valence electrons. The normalized spacial score (nSPS) is 13.8. The molecule has 4 N–H and O–H groups in total. The predicted molar refractivity (Wildman–Crippen MR) is 68.7 cm³/mol. The van der Waals surface area contributed by atoms with Crippen LogP contribution in [0.4, 0.5) is 0 Å². The molecule has 0 aliphatic rings. The minimum absolute atomic E-state index is 0.0227. The Kier molecular flexibility index (Phi) is 4.69. The second kappa shape index (κ2) is 6.03. The van der Waals surface area contributed by atoms with Crippen LogP contribution in [0, 0.1) is 11.3 Å². The maximum atomic E-state index is 11.8. The van der Waals surface area contributed by atoms with E-state index in [0.29, 0.717) is 0 Å². The number of nitrogens with one attached hydrogen (secondary N) is 2. The first-order valence-corrected chi connectivity index (χ1v) is 5.75. The van der Waals surface area contributed by atoms with Crippen molar-refractivity contribution in [2.75, 3.05) is 0 Å². The number of rotatable bonds is 5. The fraction of sp³-hybridized carbons (Fsp3) is 0.385. The lowest BCUT2D eigenvalue weighted by atomic mass is 10.0. The Labute approximate surface area is 102 Å². The van der Waals surface area contributed by atoms with Gasteiger partial charge in [-0.05, 0) is 18.9 Å². The van der Waals surface area contributed by atoms with E-state index < -0.39 is 5.92 Å². The van der Waals surface area contributed by atoms with Gasteiger partial charge in [0.1, 0.15) is 5.84 Å². The van der Waals surface area contributed by atoms with Crippen molar-refractivity contribution in [1.29, 1.82) is 5.41 Å². The number of carbonyl (C=O) groups excluding carboxylic acids is 1. The van der Waals surface area contributed by atoms with Crippen molar-refractivity contribution in [1.82, 2.24) is 5.32 Å². The Morgan fingerprint density at radius 1 is 1.41 bits per heavy atom. The van der Waals surface area contributed by atoms with Gasteiger partial charge in [-0.2, -0.15) is 0 Å². The number of hydrogen-bond acceptors (Lipinski definition) is 2. The largest absolute Gasteiger partial charge is 0.387 e. The fourth-order valence-corrected chi connectivity index (χ4v) is 1.54. The molecule has 4 heteroatoms. The van der Waals surface area contributed by atoms with Crippen molar-refractivity contribution >= 4 is 11.7 Å². The van der Waals surface area contributed by atoms with Crippen molar-refractivity contribution in [2.24, 2.45) is 11.7 Å². The zero-order valence-electron chi connectivity index (χ0n) is 10.2. The molecule has 1 aromatic carbocycles. The van der Waals surface area contributed by atoms with Crippen molar-refractivity contribution in [3.05, 3.63) is 35.9 Å². The SMILES string of the molecule is CC[C@@H](NC(=O)[C@H](C)C(=N)N)c1ccccc1. The number of amidine groups is 1. The third-order valence-electron chi connectivity index (χ3n) is 2.79. The van der Waals surface area contributed by atoms with Gasteiger partial charge >= 0.3 is 0 Å². The smallest absolute Gasteiger partial charge is 0.230 e. The van der Waals surface area contributed by atoms with Gasteiger partial charge in [-0.15, -0.1) is 0 Å². The number of benzene rings is 1. The molecule has 0 heterocycles. The molecule has 0 aliphatic heterocycles. The van der Waals surface area contributed by atoms with Gasteiger partial charge in [0.05, 0.1) is 12.0 Å². The van der Waals surface area contributed by atoms with E-state index in [9.17, 15) is 4.79 Å².